The number of anilines is 1. The van der Waals surface area contributed by atoms with E-state index < -0.39 is 0 Å². The number of furan rings is 1. The normalized spacial score (nSPS) is 10.8. The quantitative estimate of drug-likeness (QED) is 0.383. The number of benzene rings is 1. The van der Waals surface area contributed by atoms with Crippen LogP contribution in [0.3, 0.4) is 0 Å². The first-order valence-corrected chi connectivity index (χ1v) is 10.1. The second kappa shape index (κ2) is 8.77. The van der Waals surface area contributed by atoms with E-state index in [0.717, 1.165) is 5.56 Å². The van der Waals surface area contributed by atoms with Crippen molar-refractivity contribution in [2.24, 2.45) is 0 Å². The Morgan fingerprint density at radius 3 is 2.93 bits per heavy atom. The smallest absolute Gasteiger partial charge is 0.234 e. The molecule has 2 aromatic heterocycles. The molecule has 0 unspecified atom stereocenters. The van der Waals surface area contributed by atoms with Crippen molar-refractivity contribution in [2.75, 3.05) is 11.1 Å². The third-order valence-corrected chi connectivity index (χ3v) is 5.50. The Kier molecular flexibility index (Phi) is 6.41. The second-order valence-corrected chi connectivity index (χ2v) is 7.69. The fourth-order valence-electron chi connectivity index (χ4n) is 2.37. The summed E-state index contributed by atoms with van der Waals surface area (Å²) >= 11 is 10.7. The molecule has 0 aliphatic carbocycles. The van der Waals surface area contributed by atoms with Gasteiger partial charge in [-0.3, -0.25) is 9.36 Å². The predicted molar refractivity (Wildman–Crippen MR) is 111 cm³/mol. The monoisotopic (exact) mass is 466 g/mol. The third kappa shape index (κ3) is 4.63. The first kappa shape index (κ1) is 19.7. The molecule has 1 N–H and O–H groups in total. The Morgan fingerprint density at radius 2 is 2.22 bits per heavy atom. The highest BCUT2D eigenvalue weighted by molar-refractivity contribution is 9.10. The number of carbonyl (C=O) groups excluding carboxylic acids is 1. The van der Waals surface area contributed by atoms with Gasteiger partial charge in [-0.05, 0) is 52.7 Å². The zero-order valence-electron chi connectivity index (χ0n) is 14.4. The zero-order chi connectivity index (χ0) is 19.4. The molecule has 0 radical (unpaired) electrons. The Hall–Kier alpha value is -2.03. The Morgan fingerprint density at radius 1 is 1.41 bits per heavy atom. The summed E-state index contributed by atoms with van der Waals surface area (Å²) < 4.78 is 8.01. The van der Waals surface area contributed by atoms with E-state index in [1.165, 1.54) is 11.8 Å². The summed E-state index contributed by atoms with van der Waals surface area (Å²) in [5, 5.41) is 12.5. The van der Waals surface area contributed by atoms with Gasteiger partial charge in [0.2, 0.25) is 11.7 Å². The first-order valence-electron chi connectivity index (χ1n) is 7.97. The number of allylic oxidation sites excluding steroid dienone is 1. The van der Waals surface area contributed by atoms with Gasteiger partial charge in [-0.2, -0.15) is 0 Å². The van der Waals surface area contributed by atoms with Crippen LogP contribution in [0.15, 0.2) is 57.2 Å². The van der Waals surface area contributed by atoms with E-state index >= 15 is 0 Å². The molecule has 0 aliphatic rings. The number of carbonyl (C=O) groups is 1. The lowest BCUT2D eigenvalue weighted by molar-refractivity contribution is -0.113. The van der Waals surface area contributed by atoms with Crippen molar-refractivity contribution >= 4 is 50.9 Å². The third-order valence-electron chi connectivity index (χ3n) is 3.70. The second-order valence-electron chi connectivity index (χ2n) is 5.56. The molecule has 0 spiro atoms. The summed E-state index contributed by atoms with van der Waals surface area (Å²) in [6.07, 6.45) is 1.74. The van der Waals surface area contributed by atoms with Crippen LogP contribution < -0.4 is 5.32 Å². The van der Waals surface area contributed by atoms with Crippen LogP contribution in [0.4, 0.5) is 5.69 Å². The fraction of sp³-hybridized carbons (Fsp3) is 0.167. The molecule has 6 nitrogen and oxygen atoms in total. The van der Waals surface area contributed by atoms with Gasteiger partial charge >= 0.3 is 0 Å². The van der Waals surface area contributed by atoms with Crippen LogP contribution in [0.2, 0.25) is 5.02 Å². The summed E-state index contributed by atoms with van der Waals surface area (Å²) in [7, 11) is 0. The summed E-state index contributed by atoms with van der Waals surface area (Å²) in [5.74, 6) is 1.19. The Balaban J connectivity index is 1.72. The van der Waals surface area contributed by atoms with E-state index in [-0.39, 0.29) is 11.7 Å². The molecule has 0 fully saturated rings. The van der Waals surface area contributed by atoms with Gasteiger partial charge in [0.1, 0.15) is 0 Å². The van der Waals surface area contributed by atoms with Crippen LogP contribution in [0, 0.1) is 6.92 Å². The van der Waals surface area contributed by atoms with Gasteiger partial charge in [0.25, 0.3) is 0 Å². The van der Waals surface area contributed by atoms with E-state index in [2.05, 4.69) is 38.0 Å². The average molecular weight is 468 g/mol. The number of hydrogen-bond acceptors (Lipinski definition) is 5. The predicted octanol–water partition coefficient (Wildman–Crippen LogP) is 5.18. The van der Waals surface area contributed by atoms with Crippen LogP contribution in [0.25, 0.3) is 11.6 Å². The average Bonchev–Trinajstić information content (AvgIpc) is 3.24. The highest BCUT2D eigenvalue weighted by Gasteiger charge is 2.17. The number of nitrogens with one attached hydrogen (secondary N) is 1. The van der Waals surface area contributed by atoms with Gasteiger partial charge < -0.3 is 9.73 Å². The molecule has 140 valence electrons. The van der Waals surface area contributed by atoms with Crippen molar-refractivity contribution in [1.29, 1.82) is 0 Å². The maximum Gasteiger partial charge on any atom is 0.234 e. The number of rotatable bonds is 7. The maximum atomic E-state index is 12.3. The Labute approximate surface area is 174 Å². The van der Waals surface area contributed by atoms with Crippen LogP contribution in [0.1, 0.15) is 5.56 Å². The van der Waals surface area contributed by atoms with Crippen LogP contribution in [-0.2, 0) is 11.3 Å². The van der Waals surface area contributed by atoms with Crippen molar-refractivity contribution in [3.05, 3.63) is 58.2 Å². The molecule has 0 saturated carbocycles. The highest BCUT2D eigenvalue weighted by atomic mass is 79.9. The highest BCUT2D eigenvalue weighted by Crippen LogP contribution is 2.28. The number of hydrogen-bond donors (Lipinski definition) is 1. The molecular formula is C18H16BrClN4O2S. The fourth-order valence-corrected chi connectivity index (χ4v) is 3.59. The molecule has 3 rings (SSSR count). The molecule has 2 heterocycles. The van der Waals surface area contributed by atoms with Crippen LogP contribution in [0.5, 0.6) is 0 Å². The van der Waals surface area contributed by atoms with Crippen molar-refractivity contribution in [1.82, 2.24) is 14.8 Å². The van der Waals surface area contributed by atoms with E-state index in [4.69, 9.17) is 16.0 Å². The van der Waals surface area contributed by atoms with Crippen molar-refractivity contribution < 1.29 is 9.21 Å². The summed E-state index contributed by atoms with van der Waals surface area (Å²) in [6, 6.07) is 8.99. The number of nitrogens with zero attached hydrogens (tertiary/aromatic N) is 3. The van der Waals surface area contributed by atoms with Crippen LogP contribution >= 0.6 is 39.3 Å². The van der Waals surface area contributed by atoms with E-state index in [1.807, 2.05) is 17.6 Å². The van der Waals surface area contributed by atoms with Crippen molar-refractivity contribution in [3.8, 4) is 11.6 Å². The minimum atomic E-state index is -0.152. The number of amides is 1. The Bertz CT molecular complexity index is 986. The molecule has 0 aliphatic heterocycles. The standard InChI is InChI=1S/C18H16BrClN4O2S/c1-3-9-24-17(14-7-8-15(19)26-14)22-23-18(24)27-10-16(25)21-13-6-4-5-12(20)11(13)2/h3-8H,1,9-10H2,2H3,(H,21,25). The lowest BCUT2D eigenvalue weighted by Gasteiger charge is -2.09. The zero-order valence-corrected chi connectivity index (χ0v) is 17.6. The van der Waals surface area contributed by atoms with Gasteiger partial charge in [-0.1, -0.05) is 35.5 Å². The SMILES string of the molecule is C=CCn1c(SCC(=O)Nc2cccc(Cl)c2C)nnc1-c1ccc(Br)o1. The summed E-state index contributed by atoms with van der Waals surface area (Å²) in [6.45, 7) is 6.13. The van der Waals surface area contributed by atoms with Crippen molar-refractivity contribution in [2.45, 2.75) is 18.6 Å². The van der Waals surface area contributed by atoms with Gasteiger partial charge in [0, 0.05) is 17.3 Å². The minimum absolute atomic E-state index is 0.152. The molecule has 0 bridgehead atoms. The van der Waals surface area contributed by atoms with Gasteiger partial charge in [0.05, 0.1) is 5.75 Å². The molecular weight excluding hydrogens is 452 g/mol. The van der Waals surface area contributed by atoms with Gasteiger partial charge in [-0.15, -0.1) is 16.8 Å². The first-order chi connectivity index (χ1) is 13.0. The maximum absolute atomic E-state index is 12.3. The van der Waals surface area contributed by atoms with Crippen molar-refractivity contribution in [3.63, 3.8) is 0 Å². The molecule has 1 aromatic carbocycles. The molecule has 9 heteroatoms. The number of halogens is 2. The lowest BCUT2D eigenvalue weighted by Crippen LogP contribution is -2.15. The van der Waals surface area contributed by atoms with E-state index in [9.17, 15) is 4.79 Å². The minimum Gasteiger partial charge on any atom is -0.446 e. The molecule has 3 aromatic rings. The molecule has 27 heavy (non-hydrogen) atoms. The van der Waals surface area contributed by atoms with Gasteiger partial charge in [-0.25, -0.2) is 0 Å². The summed E-state index contributed by atoms with van der Waals surface area (Å²) in [5.41, 5.74) is 1.53. The number of aromatic nitrogens is 3. The van der Waals surface area contributed by atoms with E-state index in [1.54, 1.807) is 30.3 Å². The molecule has 0 saturated heterocycles. The topological polar surface area (TPSA) is 73.0 Å². The van der Waals surface area contributed by atoms with E-state index in [0.29, 0.717) is 38.7 Å². The largest absolute Gasteiger partial charge is 0.446 e. The molecule has 0 atom stereocenters. The van der Waals surface area contributed by atoms with Gasteiger partial charge in [0.15, 0.2) is 15.6 Å². The molecule has 1 amide bonds. The number of thioether (sulfide) groups is 1. The summed E-state index contributed by atoms with van der Waals surface area (Å²) in [4.78, 5) is 12.3. The lowest BCUT2D eigenvalue weighted by atomic mass is 10.2. The van der Waals surface area contributed by atoms with Crippen LogP contribution in [-0.4, -0.2) is 26.4 Å².